The average Bonchev–Trinajstić information content (AvgIpc) is 2.98. The molecule has 0 fully saturated rings. The maximum absolute atomic E-state index is 6.13. The highest BCUT2D eigenvalue weighted by atomic mass is 15.4. The summed E-state index contributed by atoms with van der Waals surface area (Å²) in [5, 5.41) is 4.56. The van der Waals surface area contributed by atoms with E-state index in [9.17, 15) is 0 Å². The van der Waals surface area contributed by atoms with Crippen molar-refractivity contribution in [3.8, 4) is 5.95 Å². The van der Waals surface area contributed by atoms with E-state index in [4.69, 9.17) is 5.73 Å². The highest BCUT2D eigenvalue weighted by molar-refractivity contribution is 5.76. The molecule has 3 rings (SSSR count). The quantitative estimate of drug-likeness (QED) is 0.755. The molecule has 0 aliphatic heterocycles. The summed E-state index contributed by atoms with van der Waals surface area (Å²) in [7, 11) is 0. The summed E-state index contributed by atoms with van der Waals surface area (Å²) < 4.78 is 1.83. The number of rotatable bonds is 3. The number of fused-ring (bicyclic) bond motifs is 1. The number of H-pyrrole nitrogens is 1. The van der Waals surface area contributed by atoms with Gasteiger partial charge in [-0.2, -0.15) is 5.10 Å². The number of nitrogens with two attached hydrogens (primary N) is 1. The summed E-state index contributed by atoms with van der Waals surface area (Å²) >= 11 is 0. The van der Waals surface area contributed by atoms with Gasteiger partial charge in [-0.3, -0.25) is 0 Å². The maximum Gasteiger partial charge on any atom is 0.229 e. The third-order valence-corrected chi connectivity index (χ3v) is 3.35. The van der Waals surface area contributed by atoms with Gasteiger partial charge in [-0.1, -0.05) is 26.0 Å². The molecular weight excluding hydrogens is 238 g/mol. The van der Waals surface area contributed by atoms with Crippen LogP contribution in [0.5, 0.6) is 0 Å². The molecule has 5 heteroatoms. The van der Waals surface area contributed by atoms with Crippen molar-refractivity contribution < 1.29 is 0 Å². The molecule has 5 nitrogen and oxygen atoms in total. The van der Waals surface area contributed by atoms with Gasteiger partial charge in [0.25, 0.3) is 0 Å². The number of anilines is 1. The lowest BCUT2D eigenvalue weighted by molar-refractivity contribution is 0.759. The molecule has 0 radical (unpaired) electrons. The Morgan fingerprint density at radius 3 is 2.68 bits per heavy atom. The molecule has 0 spiro atoms. The van der Waals surface area contributed by atoms with Crippen LogP contribution in [0.25, 0.3) is 17.0 Å². The molecule has 1 aromatic carbocycles. The number of aromatic amines is 1. The molecule has 0 aliphatic carbocycles. The number of para-hydroxylation sites is 2. The fourth-order valence-electron chi connectivity index (χ4n) is 2.33. The minimum absolute atomic E-state index is 0.726. The van der Waals surface area contributed by atoms with Crippen LogP contribution in [-0.4, -0.2) is 19.7 Å². The van der Waals surface area contributed by atoms with Crippen molar-refractivity contribution in [2.75, 3.05) is 5.73 Å². The van der Waals surface area contributed by atoms with Crippen LogP contribution in [0.2, 0.25) is 0 Å². The predicted molar refractivity (Wildman–Crippen MR) is 76.4 cm³/mol. The molecule has 19 heavy (non-hydrogen) atoms. The molecule has 0 atom stereocenters. The summed E-state index contributed by atoms with van der Waals surface area (Å²) in [5.74, 6) is 0.726. The van der Waals surface area contributed by atoms with Crippen molar-refractivity contribution in [3.63, 3.8) is 0 Å². The van der Waals surface area contributed by atoms with E-state index in [0.29, 0.717) is 0 Å². The Labute approximate surface area is 111 Å². The fraction of sp³-hybridized carbons (Fsp3) is 0.286. The number of nitrogens with one attached hydrogen (secondary N) is 1. The number of nitrogens with zero attached hydrogens (tertiary/aromatic N) is 3. The van der Waals surface area contributed by atoms with Crippen molar-refractivity contribution in [2.45, 2.75) is 26.7 Å². The molecular formula is C14H17N5. The van der Waals surface area contributed by atoms with Gasteiger partial charge in [0.15, 0.2) is 0 Å². The summed E-state index contributed by atoms with van der Waals surface area (Å²) in [6.45, 7) is 4.13. The van der Waals surface area contributed by atoms with Gasteiger partial charge in [0, 0.05) is 0 Å². The highest BCUT2D eigenvalue weighted by Crippen LogP contribution is 2.22. The molecule has 2 heterocycles. The zero-order valence-electron chi connectivity index (χ0n) is 11.1. The van der Waals surface area contributed by atoms with Crippen molar-refractivity contribution in [1.82, 2.24) is 19.7 Å². The monoisotopic (exact) mass is 255 g/mol. The van der Waals surface area contributed by atoms with Crippen LogP contribution in [0.15, 0.2) is 24.3 Å². The van der Waals surface area contributed by atoms with E-state index in [-0.39, 0.29) is 0 Å². The lowest BCUT2D eigenvalue weighted by Crippen LogP contribution is -2.04. The second-order valence-electron chi connectivity index (χ2n) is 4.50. The number of aryl methyl sites for hydroxylation is 1. The van der Waals surface area contributed by atoms with Crippen molar-refractivity contribution >= 4 is 16.7 Å². The second-order valence-corrected chi connectivity index (χ2v) is 4.50. The molecule has 0 unspecified atom stereocenters. The largest absolute Gasteiger partial charge is 0.396 e. The Morgan fingerprint density at radius 1 is 1.21 bits per heavy atom. The fourth-order valence-corrected chi connectivity index (χ4v) is 2.33. The first-order valence-electron chi connectivity index (χ1n) is 6.56. The van der Waals surface area contributed by atoms with Gasteiger partial charge in [0.2, 0.25) is 5.95 Å². The van der Waals surface area contributed by atoms with Gasteiger partial charge in [0.05, 0.1) is 28.1 Å². The Morgan fingerprint density at radius 2 is 2.00 bits per heavy atom. The molecule has 98 valence electrons. The first-order chi connectivity index (χ1) is 9.24. The number of nitrogen functional groups attached to an aromatic ring is 1. The molecule has 0 saturated carbocycles. The van der Waals surface area contributed by atoms with Gasteiger partial charge in [-0.05, 0) is 25.0 Å². The van der Waals surface area contributed by atoms with E-state index in [0.717, 1.165) is 46.9 Å². The lowest BCUT2D eigenvalue weighted by Gasteiger charge is -2.01. The van der Waals surface area contributed by atoms with Crippen molar-refractivity contribution in [1.29, 1.82) is 0 Å². The molecule has 0 bridgehead atoms. The number of benzene rings is 1. The van der Waals surface area contributed by atoms with Crippen LogP contribution >= 0.6 is 0 Å². The number of hydrogen-bond donors (Lipinski definition) is 2. The Kier molecular flexibility index (Phi) is 2.74. The molecule has 3 N–H and O–H groups in total. The first-order valence-corrected chi connectivity index (χ1v) is 6.56. The van der Waals surface area contributed by atoms with E-state index in [1.54, 1.807) is 0 Å². The highest BCUT2D eigenvalue weighted by Gasteiger charge is 2.16. The summed E-state index contributed by atoms with van der Waals surface area (Å²) in [4.78, 5) is 7.85. The van der Waals surface area contributed by atoms with Gasteiger partial charge < -0.3 is 10.7 Å². The second kappa shape index (κ2) is 4.42. The SMILES string of the molecule is CCc1nn(-c2nc3ccccc3[nH]2)c(CC)c1N. The summed E-state index contributed by atoms with van der Waals surface area (Å²) in [6.07, 6.45) is 1.65. The van der Waals surface area contributed by atoms with E-state index >= 15 is 0 Å². The molecule has 2 aromatic heterocycles. The van der Waals surface area contributed by atoms with Crippen LogP contribution in [0, 0.1) is 0 Å². The average molecular weight is 255 g/mol. The maximum atomic E-state index is 6.13. The molecule has 3 aromatic rings. The van der Waals surface area contributed by atoms with Crippen LogP contribution in [0.4, 0.5) is 5.69 Å². The first kappa shape index (κ1) is 11.8. The zero-order valence-corrected chi connectivity index (χ0v) is 11.1. The lowest BCUT2D eigenvalue weighted by atomic mass is 10.2. The van der Waals surface area contributed by atoms with E-state index in [1.165, 1.54) is 0 Å². The topological polar surface area (TPSA) is 72.5 Å². The van der Waals surface area contributed by atoms with Gasteiger partial charge in [-0.15, -0.1) is 0 Å². The number of hydrogen-bond acceptors (Lipinski definition) is 3. The Balaban J connectivity index is 2.20. The van der Waals surface area contributed by atoms with Crippen molar-refractivity contribution in [2.24, 2.45) is 0 Å². The third kappa shape index (κ3) is 1.78. The minimum atomic E-state index is 0.726. The molecule has 0 amide bonds. The van der Waals surface area contributed by atoms with E-state index < -0.39 is 0 Å². The van der Waals surface area contributed by atoms with Crippen LogP contribution in [0.1, 0.15) is 25.2 Å². The smallest absolute Gasteiger partial charge is 0.229 e. The van der Waals surface area contributed by atoms with Crippen LogP contribution in [0.3, 0.4) is 0 Å². The zero-order chi connectivity index (χ0) is 13.4. The summed E-state index contributed by atoms with van der Waals surface area (Å²) in [6, 6.07) is 7.95. The van der Waals surface area contributed by atoms with Gasteiger partial charge in [0.1, 0.15) is 0 Å². The molecule has 0 saturated heterocycles. The van der Waals surface area contributed by atoms with E-state index in [1.807, 2.05) is 28.9 Å². The molecule has 0 aliphatic rings. The van der Waals surface area contributed by atoms with Crippen LogP contribution < -0.4 is 5.73 Å². The normalized spacial score (nSPS) is 11.3. The predicted octanol–water partition coefficient (Wildman–Crippen LogP) is 2.46. The standard InChI is InChI=1S/C14H17N5/c1-3-9-13(15)12(4-2)19(18-9)14-16-10-7-5-6-8-11(10)17-14/h5-8H,3-4,15H2,1-2H3,(H,16,17). The number of aromatic nitrogens is 4. The van der Waals surface area contributed by atoms with E-state index in [2.05, 4.69) is 28.9 Å². The van der Waals surface area contributed by atoms with Gasteiger partial charge in [-0.25, -0.2) is 9.67 Å². The van der Waals surface area contributed by atoms with Gasteiger partial charge >= 0.3 is 0 Å². The third-order valence-electron chi connectivity index (χ3n) is 3.35. The minimum Gasteiger partial charge on any atom is -0.396 e. The number of imidazole rings is 1. The van der Waals surface area contributed by atoms with Crippen molar-refractivity contribution in [3.05, 3.63) is 35.7 Å². The van der Waals surface area contributed by atoms with Crippen LogP contribution in [-0.2, 0) is 12.8 Å². The Bertz CT molecular complexity index is 690. The Hall–Kier alpha value is -2.30. The summed E-state index contributed by atoms with van der Waals surface area (Å²) in [5.41, 5.74) is 10.8.